The monoisotopic (exact) mass is 610 g/mol. The van der Waals surface area contributed by atoms with Gasteiger partial charge in [0.25, 0.3) is 0 Å². The number of aryl methyl sites for hydroxylation is 1. The molecule has 0 spiro atoms. The highest BCUT2D eigenvalue weighted by atomic mass is 16.3. The minimum absolute atomic E-state index is 0.0939. The van der Waals surface area contributed by atoms with Gasteiger partial charge in [0.2, 0.25) is 0 Å². The molecule has 0 aliphatic carbocycles. The second kappa shape index (κ2) is 14.6. The molecular formula is C37H50N6O2. The Balaban J connectivity index is 1.51. The molecule has 3 aromatic rings. The number of piperidine rings is 1. The molecule has 2 aromatic heterocycles. The first-order chi connectivity index (χ1) is 21.7. The fraction of sp³-hybridized carbons (Fsp3) is 0.486. The van der Waals surface area contributed by atoms with Crippen LogP contribution in [-0.4, -0.2) is 76.0 Å². The summed E-state index contributed by atoms with van der Waals surface area (Å²) in [6.07, 6.45) is 11.6. The van der Waals surface area contributed by atoms with Crippen LogP contribution in [0.25, 0.3) is 10.9 Å². The third kappa shape index (κ3) is 7.74. The molecule has 0 amide bonds. The first kappa shape index (κ1) is 32.6. The first-order valence-corrected chi connectivity index (χ1v) is 16.5. The van der Waals surface area contributed by atoms with Gasteiger partial charge in [0, 0.05) is 99.3 Å². The number of allylic oxidation sites excluding steroid dienone is 3. The Labute approximate surface area is 268 Å². The van der Waals surface area contributed by atoms with Crippen LogP contribution in [0.15, 0.2) is 76.4 Å². The molecule has 2 saturated heterocycles. The second-order valence-corrected chi connectivity index (χ2v) is 13.0. The van der Waals surface area contributed by atoms with E-state index < -0.39 is 0 Å². The van der Waals surface area contributed by atoms with Gasteiger partial charge >= 0.3 is 0 Å². The van der Waals surface area contributed by atoms with Gasteiger partial charge < -0.3 is 19.5 Å². The van der Waals surface area contributed by atoms with Crippen molar-refractivity contribution in [1.29, 1.82) is 0 Å². The number of likely N-dealkylation sites (tertiary alicyclic amines) is 1. The highest BCUT2D eigenvalue weighted by molar-refractivity contribution is 5.83. The van der Waals surface area contributed by atoms with E-state index in [9.17, 15) is 9.90 Å². The highest BCUT2D eigenvalue weighted by Gasteiger charge is 2.28. The van der Waals surface area contributed by atoms with Crippen LogP contribution in [0.4, 0.5) is 5.69 Å². The van der Waals surface area contributed by atoms with Crippen molar-refractivity contribution < 1.29 is 5.11 Å². The number of β-amino-alcohol motifs (C(OH)–C–C–N with tert-alkyl or cyclic N) is 1. The molecule has 0 saturated carbocycles. The van der Waals surface area contributed by atoms with Crippen molar-refractivity contribution in [2.45, 2.75) is 84.7 Å². The number of hydrogen-bond donors (Lipinski definition) is 1. The van der Waals surface area contributed by atoms with Gasteiger partial charge in [-0.25, -0.2) is 0 Å². The molecule has 1 aromatic carbocycles. The van der Waals surface area contributed by atoms with Crippen molar-refractivity contribution in [1.82, 2.24) is 19.4 Å². The predicted octanol–water partition coefficient (Wildman–Crippen LogP) is 5.87. The Kier molecular flexibility index (Phi) is 10.6. The van der Waals surface area contributed by atoms with Gasteiger partial charge in [-0.2, -0.15) is 0 Å². The third-order valence-corrected chi connectivity index (χ3v) is 9.24. The van der Waals surface area contributed by atoms with Gasteiger partial charge in [-0.05, 0) is 88.4 Å². The molecule has 1 N–H and O–H groups in total. The molecule has 8 nitrogen and oxygen atoms in total. The van der Waals surface area contributed by atoms with Crippen LogP contribution in [-0.2, 0) is 13.1 Å². The molecular weight excluding hydrogens is 560 g/mol. The zero-order valence-electron chi connectivity index (χ0n) is 27.7. The van der Waals surface area contributed by atoms with Crippen LogP contribution in [0, 0.1) is 6.92 Å². The van der Waals surface area contributed by atoms with E-state index in [1.165, 1.54) is 5.56 Å². The number of rotatable bonds is 11. The summed E-state index contributed by atoms with van der Waals surface area (Å²) in [6.45, 7) is 17.3. The topological polar surface area (TPSA) is 77.2 Å². The Bertz CT molecular complexity index is 1620. The minimum Gasteiger partial charge on any atom is -0.391 e. The zero-order valence-corrected chi connectivity index (χ0v) is 27.7. The van der Waals surface area contributed by atoms with Crippen LogP contribution in [0.2, 0.25) is 0 Å². The van der Waals surface area contributed by atoms with Gasteiger partial charge in [0.05, 0.1) is 17.3 Å². The summed E-state index contributed by atoms with van der Waals surface area (Å²) >= 11 is 0. The van der Waals surface area contributed by atoms with Gasteiger partial charge in [-0.1, -0.05) is 19.1 Å². The van der Waals surface area contributed by atoms with E-state index in [2.05, 4.69) is 87.1 Å². The van der Waals surface area contributed by atoms with Crippen LogP contribution in [0.3, 0.4) is 0 Å². The highest BCUT2D eigenvalue weighted by Crippen LogP contribution is 2.28. The predicted molar refractivity (Wildman–Crippen MR) is 186 cm³/mol. The SMILES string of the molecule is C=C(/C=C(\C=NC)N1CCC[C@H](N(Cc2ccnc(C)c2)Cc2cn(C(C)C)c3cc(N4CC[C@@H](O)C4)ccc3c2=O)C1)CC. The van der Waals surface area contributed by atoms with Gasteiger partial charge in [0.15, 0.2) is 5.43 Å². The largest absolute Gasteiger partial charge is 0.391 e. The van der Waals surface area contributed by atoms with Crippen molar-refractivity contribution in [3.63, 3.8) is 0 Å². The maximum atomic E-state index is 14.2. The number of fused-ring (bicyclic) bond motifs is 1. The van der Waals surface area contributed by atoms with Crippen molar-refractivity contribution in [2.75, 3.05) is 38.1 Å². The molecule has 5 rings (SSSR count). The number of aliphatic hydroxyl groups excluding tert-OH is 1. The van der Waals surface area contributed by atoms with Crippen molar-refractivity contribution in [2.24, 2.45) is 4.99 Å². The number of hydrogen-bond acceptors (Lipinski definition) is 7. The molecule has 0 radical (unpaired) electrons. The standard InChI is InChI=1S/C37H50N6O2/c1-7-27(4)17-33(20-38-6)40-15-8-9-32(24-40)42(21-29-12-14-39-28(5)18-29)22-30-23-43(26(2)3)36-19-31(10-11-35(36)37(30)45)41-16-13-34(44)25-41/h10-12,14,17-20,23,26,32,34,44H,4,7-9,13,15-16,21-22,24-25H2,1-3,5-6H3/b33-17+,38-20?/t32-,34+/m0/s1. The van der Waals surface area contributed by atoms with Crippen LogP contribution in [0.5, 0.6) is 0 Å². The fourth-order valence-electron chi connectivity index (χ4n) is 6.72. The quantitative estimate of drug-likeness (QED) is 0.216. The molecule has 0 bridgehead atoms. The summed E-state index contributed by atoms with van der Waals surface area (Å²) in [5.74, 6) is 0. The lowest BCUT2D eigenvalue weighted by Crippen LogP contribution is -2.47. The van der Waals surface area contributed by atoms with E-state index in [4.69, 9.17) is 0 Å². The maximum absolute atomic E-state index is 14.2. The Hall–Kier alpha value is -3.75. The van der Waals surface area contributed by atoms with Crippen molar-refractivity contribution >= 4 is 22.8 Å². The maximum Gasteiger partial charge on any atom is 0.193 e. The Morgan fingerprint density at radius 2 is 2.00 bits per heavy atom. The summed E-state index contributed by atoms with van der Waals surface area (Å²) < 4.78 is 2.25. The van der Waals surface area contributed by atoms with E-state index in [1.807, 2.05) is 38.5 Å². The summed E-state index contributed by atoms with van der Waals surface area (Å²) in [5, 5.41) is 10.9. The summed E-state index contributed by atoms with van der Waals surface area (Å²) in [7, 11) is 1.82. The van der Waals surface area contributed by atoms with Crippen molar-refractivity contribution in [3.05, 3.63) is 93.7 Å². The number of pyridine rings is 2. The molecule has 2 atom stereocenters. The zero-order chi connectivity index (χ0) is 32.1. The lowest BCUT2D eigenvalue weighted by molar-refractivity contribution is 0.105. The van der Waals surface area contributed by atoms with Gasteiger partial charge in [-0.3, -0.25) is 19.7 Å². The molecule has 45 heavy (non-hydrogen) atoms. The number of aliphatic imine (C=N–C) groups is 1. The number of aliphatic hydroxyl groups is 1. The molecule has 2 fully saturated rings. The Morgan fingerprint density at radius 1 is 1.18 bits per heavy atom. The van der Waals surface area contributed by atoms with E-state index in [0.717, 1.165) is 91.0 Å². The molecule has 0 unspecified atom stereocenters. The first-order valence-electron chi connectivity index (χ1n) is 16.5. The molecule has 240 valence electrons. The number of aromatic nitrogens is 2. The van der Waals surface area contributed by atoms with E-state index in [0.29, 0.717) is 13.1 Å². The number of nitrogens with zero attached hydrogens (tertiary/aromatic N) is 6. The second-order valence-electron chi connectivity index (χ2n) is 13.0. The summed E-state index contributed by atoms with van der Waals surface area (Å²) in [6, 6.07) is 10.8. The van der Waals surface area contributed by atoms with E-state index in [1.54, 1.807) is 0 Å². The molecule has 2 aliphatic rings. The van der Waals surface area contributed by atoms with E-state index >= 15 is 0 Å². The summed E-state index contributed by atoms with van der Waals surface area (Å²) in [5.41, 5.74) is 7.30. The lowest BCUT2D eigenvalue weighted by atomic mass is 10.0. The van der Waals surface area contributed by atoms with Crippen LogP contribution < -0.4 is 10.3 Å². The minimum atomic E-state index is -0.299. The van der Waals surface area contributed by atoms with Crippen molar-refractivity contribution in [3.8, 4) is 0 Å². The van der Waals surface area contributed by atoms with Gasteiger partial charge in [0.1, 0.15) is 0 Å². The lowest BCUT2D eigenvalue weighted by Gasteiger charge is -2.41. The number of anilines is 1. The molecule has 8 heteroatoms. The fourth-order valence-corrected chi connectivity index (χ4v) is 6.72. The average Bonchev–Trinajstić information content (AvgIpc) is 3.47. The van der Waals surface area contributed by atoms with E-state index in [-0.39, 0.29) is 23.6 Å². The van der Waals surface area contributed by atoms with Gasteiger partial charge in [-0.15, -0.1) is 0 Å². The normalized spacial score (nSPS) is 19.5. The smallest absolute Gasteiger partial charge is 0.193 e. The van der Waals surface area contributed by atoms with Crippen LogP contribution in [0.1, 0.15) is 69.3 Å². The average molecular weight is 611 g/mol. The molecule has 2 aliphatic heterocycles. The molecule has 4 heterocycles. The van der Waals surface area contributed by atoms with Crippen LogP contribution >= 0.6 is 0 Å². The number of benzene rings is 1. The summed E-state index contributed by atoms with van der Waals surface area (Å²) in [4.78, 5) is 30.1. The third-order valence-electron chi connectivity index (χ3n) is 9.24. The Morgan fingerprint density at radius 3 is 2.69 bits per heavy atom.